The summed E-state index contributed by atoms with van der Waals surface area (Å²) in [4.78, 5) is 43.3. The van der Waals surface area contributed by atoms with Crippen LogP contribution in [0.15, 0.2) is 60.9 Å². The topological polar surface area (TPSA) is 101 Å². The molecule has 3 aliphatic heterocycles. The first kappa shape index (κ1) is 19.4. The number of rotatable bonds is 5. The minimum Gasteiger partial charge on any atom is -0.360 e. The standard InChI is InChI=1S/C23H22N4O4/c1-14(28)26-16-2-4-17(5-3-16)27-13-23-9-6-18(31-23)19(20(23)22(27)30)21(29)25-12-15-7-10-24-11-8-15/h2-11,18-20H,12-13H2,1H3,(H,25,29)(H,26,28)/t18-,19-,20-,23-/m1/s1. The van der Waals surface area contributed by atoms with Crippen LogP contribution < -0.4 is 15.5 Å². The zero-order valence-electron chi connectivity index (χ0n) is 16.9. The molecule has 2 N–H and O–H groups in total. The number of pyridine rings is 1. The van der Waals surface area contributed by atoms with Gasteiger partial charge in [0.1, 0.15) is 5.60 Å². The van der Waals surface area contributed by atoms with Crippen molar-refractivity contribution in [2.24, 2.45) is 11.8 Å². The van der Waals surface area contributed by atoms with Gasteiger partial charge in [-0.05, 0) is 42.0 Å². The van der Waals surface area contributed by atoms with E-state index in [9.17, 15) is 14.4 Å². The quantitative estimate of drug-likeness (QED) is 0.719. The molecule has 0 unspecified atom stereocenters. The molecule has 2 aromatic rings. The molecule has 8 heteroatoms. The molecule has 5 rings (SSSR count). The number of amides is 3. The second kappa shape index (κ2) is 7.31. The van der Waals surface area contributed by atoms with Gasteiger partial charge in [-0.1, -0.05) is 12.2 Å². The maximum Gasteiger partial charge on any atom is 0.234 e. The van der Waals surface area contributed by atoms with Crippen LogP contribution in [0.1, 0.15) is 12.5 Å². The molecule has 0 radical (unpaired) electrons. The molecule has 2 bridgehead atoms. The second-order valence-electron chi connectivity index (χ2n) is 8.13. The van der Waals surface area contributed by atoms with E-state index in [0.717, 1.165) is 5.56 Å². The van der Waals surface area contributed by atoms with Crippen molar-refractivity contribution >= 4 is 29.1 Å². The number of nitrogens with one attached hydrogen (secondary N) is 2. The van der Waals surface area contributed by atoms with Crippen LogP contribution in [0.3, 0.4) is 0 Å². The van der Waals surface area contributed by atoms with Gasteiger partial charge in [-0.3, -0.25) is 19.4 Å². The summed E-state index contributed by atoms with van der Waals surface area (Å²) in [5.41, 5.74) is 1.53. The number of nitrogens with zero attached hydrogens (tertiary/aromatic N) is 2. The fourth-order valence-electron chi connectivity index (χ4n) is 4.75. The molecule has 0 aliphatic carbocycles. The molecule has 2 fully saturated rings. The summed E-state index contributed by atoms with van der Waals surface area (Å²) in [5, 5.41) is 5.66. The van der Waals surface area contributed by atoms with Crippen LogP contribution >= 0.6 is 0 Å². The lowest BCUT2D eigenvalue weighted by Crippen LogP contribution is -2.43. The van der Waals surface area contributed by atoms with Gasteiger partial charge < -0.3 is 20.3 Å². The first-order chi connectivity index (χ1) is 15.0. The second-order valence-corrected chi connectivity index (χ2v) is 8.13. The van der Waals surface area contributed by atoms with Gasteiger partial charge in [0.2, 0.25) is 17.7 Å². The Kier molecular flexibility index (Phi) is 4.59. The third kappa shape index (κ3) is 3.29. The van der Waals surface area contributed by atoms with Crippen LogP contribution in [0.2, 0.25) is 0 Å². The van der Waals surface area contributed by atoms with Crippen LogP contribution in [0.4, 0.5) is 11.4 Å². The average Bonchev–Trinajstić information content (AvgIpc) is 3.41. The summed E-state index contributed by atoms with van der Waals surface area (Å²) in [6.45, 7) is 2.17. The van der Waals surface area contributed by atoms with E-state index >= 15 is 0 Å². The lowest BCUT2D eigenvalue weighted by atomic mass is 9.77. The van der Waals surface area contributed by atoms with Gasteiger partial charge in [-0.15, -0.1) is 0 Å². The molecule has 1 aromatic heterocycles. The van der Waals surface area contributed by atoms with Gasteiger partial charge in [-0.2, -0.15) is 0 Å². The van der Waals surface area contributed by atoms with E-state index in [4.69, 9.17) is 4.74 Å². The summed E-state index contributed by atoms with van der Waals surface area (Å²) in [5.74, 6) is -1.59. The summed E-state index contributed by atoms with van der Waals surface area (Å²) in [6.07, 6.45) is 6.78. The summed E-state index contributed by atoms with van der Waals surface area (Å²) >= 11 is 0. The van der Waals surface area contributed by atoms with E-state index in [1.54, 1.807) is 41.6 Å². The molecular formula is C23H22N4O4. The van der Waals surface area contributed by atoms with E-state index < -0.39 is 23.5 Å². The molecule has 3 amide bonds. The lowest BCUT2D eigenvalue weighted by Gasteiger charge is -2.23. The van der Waals surface area contributed by atoms with Gasteiger partial charge in [0, 0.05) is 37.2 Å². The molecule has 1 spiro atoms. The van der Waals surface area contributed by atoms with Crippen LogP contribution in [-0.4, -0.2) is 41.0 Å². The maximum atomic E-state index is 13.4. The molecule has 1 aromatic carbocycles. The molecule has 0 saturated carbocycles. The normalized spacial score (nSPS) is 28.0. The van der Waals surface area contributed by atoms with Gasteiger partial charge >= 0.3 is 0 Å². The van der Waals surface area contributed by atoms with E-state index in [1.807, 2.05) is 24.3 Å². The van der Waals surface area contributed by atoms with E-state index in [1.165, 1.54) is 6.92 Å². The maximum absolute atomic E-state index is 13.4. The Morgan fingerprint density at radius 2 is 1.94 bits per heavy atom. The molecule has 31 heavy (non-hydrogen) atoms. The number of carbonyl (C=O) groups is 3. The van der Waals surface area contributed by atoms with Crippen molar-refractivity contribution in [3.8, 4) is 0 Å². The molecule has 158 valence electrons. The van der Waals surface area contributed by atoms with Crippen molar-refractivity contribution in [1.29, 1.82) is 0 Å². The molecular weight excluding hydrogens is 396 g/mol. The third-order valence-electron chi connectivity index (χ3n) is 6.12. The number of benzene rings is 1. The summed E-state index contributed by atoms with van der Waals surface area (Å²) in [6, 6.07) is 10.8. The molecule has 3 aliphatic rings. The molecule has 4 atom stereocenters. The Labute approximate surface area is 179 Å². The fourth-order valence-corrected chi connectivity index (χ4v) is 4.75. The third-order valence-corrected chi connectivity index (χ3v) is 6.12. The lowest BCUT2D eigenvalue weighted by molar-refractivity contribution is -0.132. The monoisotopic (exact) mass is 418 g/mol. The van der Waals surface area contributed by atoms with Crippen molar-refractivity contribution in [3.05, 3.63) is 66.5 Å². The smallest absolute Gasteiger partial charge is 0.234 e. The highest BCUT2D eigenvalue weighted by molar-refractivity contribution is 6.03. The average molecular weight is 418 g/mol. The highest BCUT2D eigenvalue weighted by Gasteiger charge is 2.67. The Hall–Kier alpha value is -3.52. The van der Waals surface area contributed by atoms with Gasteiger partial charge in [0.05, 0.1) is 24.5 Å². The van der Waals surface area contributed by atoms with Crippen molar-refractivity contribution in [2.75, 3.05) is 16.8 Å². The molecule has 8 nitrogen and oxygen atoms in total. The summed E-state index contributed by atoms with van der Waals surface area (Å²) in [7, 11) is 0. The Morgan fingerprint density at radius 1 is 1.19 bits per heavy atom. The number of hydrogen-bond acceptors (Lipinski definition) is 5. The first-order valence-electron chi connectivity index (χ1n) is 10.2. The number of ether oxygens (including phenoxy) is 1. The Morgan fingerprint density at radius 3 is 2.65 bits per heavy atom. The molecule has 2 saturated heterocycles. The molecule has 4 heterocycles. The highest BCUT2D eigenvalue weighted by Crippen LogP contribution is 2.52. The number of anilines is 2. The van der Waals surface area contributed by atoms with Crippen LogP contribution in [0, 0.1) is 11.8 Å². The van der Waals surface area contributed by atoms with Gasteiger partial charge in [0.15, 0.2) is 0 Å². The number of carbonyl (C=O) groups excluding carboxylic acids is 3. The minimum atomic E-state index is -0.781. The zero-order valence-corrected chi connectivity index (χ0v) is 16.9. The minimum absolute atomic E-state index is 0.122. The van der Waals surface area contributed by atoms with Crippen LogP contribution in [-0.2, 0) is 25.7 Å². The van der Waals surface area contributed by atoms with Gasteiger partial charge in [0.25, 0.3) is 0 Å². The largest absolute Gasteiger partial charge is 0.360 e. The number of aromatic nitrogens is 1. The predicted molar refractivity (Wildman–Crippen MR) is 113 cm³/mol. The Bertz CT molecular complexity index is 1070. The van der Waals surface area contributed by atoms with Crippen molar-refractivity contribution in [2.45, 2.75) is 25.2 Å². The SMILES string of the molecule is CC(=O)Nc1ccc(N2C[C@@]34C=C[C@@H](O3)[C@@H](C(=O)NCc3ccncc3)[C@@H]4C2=O)cc1. The van der Waals surface area contributed by atoms with Crippen LogP contribution in [0.5, 0.6) is 0 Å². The number of fused-ring (bicyclic) bond motifs is 1. The Balaban J connectivity index is 1.34. The number of hydrogen-bond donors (Lipinski definition) is 2. The highest BCUT2D eigenvalue weighted by atomic mass is 16.5. The van der Waals surface area contributed by atoms with E-state index in [0.29, 0.717) is 24.5 Å². The van der Waals surface area contributed by atoms with Crippen molar-refractivity contribution in [1.82, 2.24) is 10.3 Å². The van der Waals surface area contributed by atoms with Crippen LogP contribution in [0.25, 0.3) is 0 Å². The zero-order chi connectivity index (χ0) is 21.6. The van der Waals surface area contributed by atoms with Crippen molar-refractivity contribution in [3.63, 3.8) is 0 Å². The first-order valence-corrected chi connectivity index (χ1v) is 10.2. The van der Waals surface area contributed by atoms with Gasteiger partial charge in [-0.25, -0.2) is 0 Å². The fraction of sp³-hybridized carbons (Fsp3) is 0.304. The summed E-state index contributed by atoms with van der Waals surface area (Å²) < 4.78 is 6.17. The van der Waals surface area contributed by atoms with Crippen molar-refractivity contribution < 1.29 is 19.1 Å². The predicted octanol–water partition coefficient (Wildman–Crippen LogP) is 1.64. The van der Waals surface area contributed by atoms with E-state index in [-0.39, 0.29) is 17.7 Å². The van der Waals surface area contributed by atoms with E-state index in [2.05, 4.69) is 15.6 Å².